The molecule has 1 aliphatic heterocycles. The van der Waals surface area contributed by atoms with E-state index in [1.165, 1.54) is 12.5 Å². The zero-order valence-electron chi connectivity index (χ0n) is 10.6. The van der Waals surface area contributed by atoms with Gasteiger partial charge in [-0.1, -0.05) is 6.07 Å². The minimum Gasteiger partial charge on any atom is -0.326 e. The van der Waals surface area contributed by atoms with Gasteiger partial charge in [0.15, 0.2) is 0 Å². The van der Waals surface area contributed by atoms with Gasteiger partial charge in [0.2, 0.25) is 5.91 Å². The van der Waals surface area contributed by atoms with Gasteiger partial charge in [-0.2, -0.15) is 0 Å². The molecule has 0 bridgehead atoms. The van der Waals surface area contributed by atoms with Gasteiger partial charge in [-0.3, -0.25) is 4.79 Å². The van der Waals surface area contributed by atoms with Crippen LogP contribution >= 0.6 is 0 Å². The van der Waals surface area contributed by atoms with E-state index in [1.807, 2.05) is 0 Å². The van der Waals surface area contributed by atoms with Crippen molar-refractivity contribution in [2.45, 2.75) is 38.6 Å². The summed E-state index contributed by atoms with van der Waals surface area (Å²) in [6, 6.07) is 5.22. The molecule has 2 rings (SSSR count). The number of nitrogens with one attached hydrogen (secondary N) is 2. The fourth-order valence-electron chi connectivity index (χ4n) is 2.20. The van der Waals surface area contributed by atoms with E-state index >= 15 is 0 Å². The number of anilines is 1. The predicted molar refractivity (Wildman–Crippen MR) is 70.0 cm³/mol. The van der Waals surface area contributed by atoms with Crippen LogP contribution < -0.4 is 10.6 Å². The Balaban J connectivity index is 1.80. The number of halogens is 1. The van der Waals surface area contributed by atoms with E-state index < -0.39 is 0 Å². The molecule has 1 aromatic carbocycles. The SMILES string of the molecule is Cc1ccc(NC(=O)CCC2CCCN2)cc1F. The zero-order chi connectivity index (χ0) is 13.0. The topological polar surface area (TPSA) is 41.1 Å². The van der Waals surface area contributed by atoms with Crippen molar-refractivity contribution >= 4 is 11.6 Å². The molecule has 1 aromatic rings. The van der Waals surface area contributed by atoms with Crippen molar-refractivity contribution in [3.63, 3.8) is 0 Å². The monoisotopic (exact) mass is 250 g/mol. The van der Waals surface area contributed by atoms with E-state index in [-0.39, 0.29) is 11.7 Å². The number of aryl methyl sites for hydroxylation is 1. The molecule has 0 aromatic heterocycles. The first-order valence-corrected chi connectivity index (χ1v) is 6.44. The van der Waals surface area contributed by atoms with Crippen molar-refractivity contribution in [2.24, 2.45) is 0 Å². The first kappa shape index (κ1) is 13.0. The van der Waals surface area contributed by atoms with Crippen LogP contribution in [0.2, 0.25) is 0 Å². The van der Waals surface area contributed by atoms with Gasteiger partial charge in [0.25, 0.3) is 0 Å². The molecule has 0 spiro atoms. The van der Waals surface area contributed by atoms with Gasteiger partial charge in [-0.25, -0.2) is 4.39 Å². The lowest BCUT2D eigenvalue weighted by Crippen LogP contribution is -2.23. The standard InChI is InChI=1S/C14H19FN2O/c1-10-4-5-12(9-13(10)15)17-14(18)7-6-11-3-2-8-16-11/h4-5,9,11,16H,2-3,6-8H2,1H3,(H,17,18). The van der Waals surface area contributed by atoms with E-state index in [1.54, 1.807) is 19.1 Å². The third kappa shape index (κ3) is 3.53. The second kappa shape index (κ2) is 5.96. The molecule has 1 heterocycles. The molecule has 1 fully saturated rings. The number of hydrogen-bond donors (Lipinski definition) is 2. The predicted octanol–water partition coefficient (Wildman–Crippen LogP) is 2.60. The van der Waals surface area contributed by atoms with Crippen LogP contribution in [0.5, 0.6) is 0 Å². The van der Waals surface area contributed by atoms with Crippen LogP contribution in [0.1, 0.15) is 31.2 Å². The molecule has 0 aliphatic carbocycles. The molecular weight excluding hydrogens is 231 g/mol. The molecule has 1 aliphatic rings. The van der Waals surface area contributed by atoms with Crippen molar-refractivity contribution < 1.29 is 9.18 Å². The van der Waals surface area contributed by atoms with Crippen molar-refractivity contribution in [1.82, 2.24) is 5.32 Å². The van der Waals surface area contributed by atoms with Crippen molar-refractivity contribution in [1.29, 1.82) is 0 Å². The molecule has 18 heavy (non-hydrogen) atoms. The molecule has 98 valence electrons. The van der Waals surface area contributed by atoms with Gasteiger partial charge in [0.05, 0.1) is 0 Å². The van der Waals surface area contributed by atoms with Gasteiger partial charge in [0, 0.05) is 18.2 Å². The van der Waals surface area contributed by atoms with Gasteiger partial charge in [-0.05, 0) is 50.4 Å². The summed E-state index contributed by atoms with van der Waals surface area (Å²) in [4.78, 5) is 11.7. The summed E-state index contributed by atoms with van der Waals surface area (Å²) >= 11 is 0. The maximum Gasteiger partial charge on any atom is 0.224 e. The molecule has 0 radical (unpaired) electrons. The van der Waals surface area contributed by atoms with Crippen molar-refractivity contribution in [3.8, 4) is 0 Å². The lowest BCUT2D eigenvalue weighted by atomic mass is 10.1. The van der Waals surface area contributed by atoms with E-state index in [0.29, 0.717) is 23.7 Å². The molecule has 3 nitrogen and oxygen atoms in total. The zero-order valence-corrected chi connectivity index (χ0v) is 10.6. The first-order chi connectivity index (χ1) is 8.65. The molecule has 1 amide bonds. The molecular formula is C14H19FN2O. The second-order valence-corrected chi connectivity index (χ2v) is 4.84. The van der Waals surface area contributed by atoms with Crippen LogP contribution in [0, 0.1) is 12.7 Å². The number of amides is 1. The summed E-state index contributed by atoms with van der Waals surface area (Å²) in [5.41, 5.74) is 1.12. The van der Waals surface area contributed by atoms with E-state index in [4.69, 9.17) is 0 Å². The van der Waals surface area contributed by atoms with Crippen LogP contribution in [0.3, 0.4) is 0 Å². The van der Waals surface area contributed by atoms with Gasteiger partial charge in [0.1, 0.15) is 5.82 Å². The smallest absolute Gasteiger partial charge is 0.224 e. The average molecular weight is 250 g/mol. The molecule has 1 unspecified atom stereocenters. The summed E-state index contributed by atoms with van der Waals surface area (Å²) < 4.78 is 13.3. The Labute approximate surface area is 107 Å². The maximum atomic E-state index is 13.3. The highest BCUT2D eigenvalue weighted by Crippen LogP contribution is 2.15. The summed E-state index contributed by atoms with van der Waals surface area (Å²) in [6.45, 7) is 2.75. The number of rotatable bonds is 4. The average Bonchev–Trinajstić information content (AvgIpc) is 2.84. The van der Waals surface area contributed by atoms with Gasteiger partial charge in [-0.15, -0.1) is 0 Å². The number of hydrogen-bond acceptors (Lipinski definition) is 2. The fourth-order valence-corrected chi connectivity index (χ4v) is 2.20. The highest BCUT2D eigenvalue weighted by Gasteiger charge is 2.15. The molecule has 0 saturated carbocycles. The third-order valence-corrected chi connectivity index (χ3v) is 3.34. The van der Waals surface area contributed by atoms with Gasteiger partial charge >= 0.3 is 0 Å². The molecule has 2 N–H and O–H groups in total. The van der Waals surface area contributed by atoms with Crippen LogP contribution in [0.25, 0.3) is 0 Å². The highest BCUT2D eigenvalue weighted by atomic mass is 19.1. The number of carbonyl (C=O) groups excluding carboxylic acids is 1. The molecule has 1 saturated heterocycles. The van der Waals surface area contributed by atoms with E-state index in [2.05, 4.69) is 10.6 Å². The Morgan fingerprint density at radius 2 is 2.39 bits per heavy atom. The minimum atomic E-state index is -0.287. The lowest BCUT2D eigenvalue weighted by molar-refractivity contribution is -0.116. The largest absolute Gasteiger partial charge is 0.326 e. The van der Waals surface area contributed by atoms with Crippen LogP contribution in [0.15, 0.2) is 18.2 Å². The third-order valence-electron chi connectivity index (χ3n) is 3.34. The quantitative estimate of drug-likeness (QED) is 0.862. The van der Waals surface area contributed by atoms with Crippen molar-refractivity contribution in [2.75, 3.05) is 11.9 Å². The van der Waals surface area contributed by atoms with Crippen molar-refractivity contribution in [3.05, 3.63) is 29.6 Å². The summed E-state index contributed by atoms with van der Waals surface area (Å²) in [5.74, 6) is -0.336. The van der Waals surface area contributed by atoms with Crippen LogP contribution in [-0.2, 0) is 4.79 Å². The Hall–Kier alpha value is -1.42. The van der Waals surface area contributed by atoms with Crippen LogP contribution in [0.4, 0.5) is 10.1 Å². The number of benzene rings is 1. The second-order valence-electron chi connectivity index (χ2n) is 4.84. The first-order valence-electron chi connectivity index (χ1n) is 6.44. The van der Waals surface area contributed by atoms with E-state index in [0.717, 1.165) is 19.4 Å². The maximum absolute atomic E-state index is 13.3. The molecule has 4 heteroatoms. The minimum absolute atomic E-state index is 0.0491. The van der Waals surface area contributed by atoms with Crippen LogP contribution in [-0.4, -0.2) is 18.5 Å². The van der Waals surface area contributed by atoms with Gasteiger partial charge < -0.3 is 10.6 Å². The fraction of sp³-hybridized carbons (Fsp3) is 0.500. The summed E-state index contributed by atoms with van der Waals surface area (Å²) in [7, 11) is 0. The lowest BCUT2D eigenvalue weighted by Gasteiger charge is -2.10. The Bertz CT molecular complexity index is 428. The normalized spacial score (nSPS) is 18.9. The summed E-state index contributed by atoms with van der Waals surface area (Å²) in [6.07, 6.45) is 3.66. The Morgan fingerprint density at radius 1 is 1.56 bits per heavy atom. The Kier molecular flexibility index (Phi) is 4.31. The number of carbonyl (C=O) groups is 1. The Morgan fingerprint density at radius 3 is 3.06 bits per heavy atom. The summed E-state index contributed by atoms with van der Waals surface area (Å²) in [5, 5.41) is 6.08. The molecule has 1 atom stereocenters. The highest BCUT2D eigenvalue weighted by molar-refractivity contribution is 5.90. The van der Waals surface area contributed by atoms with E-state index in [9.17, 15) is 9.18 Å².